The molecule has 0 saturated carbocycles. The third kappa shape index (κ3) is 3.32. The molecule has 110 valence electrons. The van der Waals surface area contributed by atoms with E-state index in [-0.39, 0.29) is 12.2 Å². The molecule has 0 aliphatic carbocycles. The third-order valence-corrected chi connectivity index (χ3v) is 3.03. The topological polar surface area (TPSA) is 102 Å². The fourth-order valence-electron chi connectivity index (χ4n) is 1.64. The predicted octanol–water partition coefficient (Wildman–Crippen LogP) is 1.96. The Kier molecular flexibility index (Phi) is 4.44. The molecule has 0 radical (unpaired) electrons. The number of ether oxygens (including phenoxy) is 1. The van der Waals surface area contributed by atoms with E-state index in [4.69, 9.17) is 21.4 Å². The van der Waals surface area contributed by atoms with E-state index in [2.05, 4.69) is 15.0 Å². The molecule has 0 unspecified atom stereocenters. The number of carbonyl (C=O) groups is 2. The lowest BCUT2D eigenvalue weighted by molar-refractivity contribution is 0.0651. The van der Waals surface area contributed by atoms with Gasteiger partial charge in [0, 0.05) is 23.2 Å². The molecule has 0 aliphatic rings. The summed E-state index contributed by atoms with van der Waals surface area (Å²) < 4.78 is 9.66. The largest absolute Gasteiger partial charge is 0.496 e. The van der Waals surface area contributed by atoms with Gasteiger partial charge in [0.05, 0.1) is 7.11 Å². The van der Waals surface area contributed by atoms with Gasteiger partial charge in [-0.2, -0.15) is 0 Å². The van der Waals surface area contributed by atoms with Crippen LogP contribution in [-0.4, -0.2) is 29.2 Å². The van der Waals surface area contributed by atoms with Crippen molar-refractivity contribution in [2.24, 2.45) is 0 Å². The Morgan fingerprint density at radius 2 is 2.24 bits per heavy atom. The van der Waals surface area contributed by atoms with Gasteiger partial charge in [-0.1, -0.05) is 22.8 Å². The normalized spacial score (nSPS) is 10.2. The van der Waals surface area contributed by atoms with Crippen LogP contribution < -0.4 is 10.1 Å². The average Bonchev–Trinajstić information content (AvgIpc) is 2.95. The zero-order chi connectivity index (χ0) is 15.4. The first-order valence-corrected chi connectivity index (χ1v) is 6.20. The number of hydrogen-bond donors (Lipinski definition) is 2. The molecule has 0 fully saturated rings. The number of nitrogens with one attached hydrogen (secondary N) is 1. The number of carboxylic acids is 1. The molecule has 1 aromatic carbocycles. The summed E-state index contributed by atoms with van der Waals surface area (Å²) in [5, 5.41) is 15.1. The molecule has 0 bridgehead atoms. The van der Waals surface area contributed by atoms with Crippen molar-refractivity contribution in [1.29, 1.82) is 0 Å². The van der Waals surface area contributed by atoms with E-state index in [0.717, 1.165) is 6.07 Å². The van der Waals surface area contributed by atoms with Gasteiger partial charge in [-0.15, -0.1) is 0 Å². The van der Waals surface area contributed by atoms with Crippen LogP contribution in [0.25, 0.3) is 0 Å². The zero-order valence-electron chi connectivity index (χ0n) is 10.9. The van der Waals surface area contributed by atoms with E-state index < -0.39 is 17.6 Å². The van der Waals surface area contributed by atoms with E-state index >= 15 is 0 Å². The van der Waals surface area contributed by atoms with Crippen molar-refractivity contribution in [3.63, 3.8) is 0 Å². The van der Waals surface area contributed by atoms with Crippen molar-refractivity contribution in [3.8, 4) is 5.75 Å². The number of carboxylic acid groups (broad SMARTS) is 1. The maximum absolute atomic E-state index is 11.9. The molecule has 1 aromatic heterocycles. The van der Waals surface area contributed by atoms with Crippen molar-refractivity contribution in [3.05, 3.63) is 46.3 Å². The Labute approximate surface area is 124 Å². The summed E-state index contributed by atoms with van der Waals surface area (Å²) in [6.45, 7) is 0.108. The third-order valence-electron chi connectivity index (χ3n) is 2.68. The average molecular weight is 311 g/mol. The molecule has 8 heteroatoms. The Bertz CT molecular complexity index is 683. The van der Waals surface area contributed by atoms with Crippen LogP contribution in [0, 0.1) is 0 Å². The van der Waals surface area contributed by atoms with Gasteiger partial charge in [-0.3, -0.25) is 4.79 Å². The molecule has 2 aromatic rings. The first-order valence-electron chi connectivity index (χ1n) is 5.82. The van der Waals surface area contributed by atoms with Crippen molar-refractivity contribution < 1.29 is 24.0 Å². The fourth-order valence-corrected chi connectivity index (χ4v) is 1.88. The van der Waals surface area contributed by atoms with Crippen molar-refractivity contribution in [2.45, 2.75) is 6.54 Å². The predicted molar refractivity (Wildman–Crippen MR) is 72.6 cm³/mol. The first-order chi connectivity index (χ1) is 10.0. The van der Waals surface area contributed by atoms with E-state index in [0.29, 0.717) is 16.3 Å². The number of hydrogen-bond acceptors (Lipinski definition) is 5. The van der Waals surface area contributed by atoms with Crippen LogP contribution in [0.5, 0.6) is 5.75 Å². The fraction of sp³-hybridized carbons (Fsp3) is 0.154. The maximum atomic E-state index is 11.9. The monoisotopic (exact) mass is 310 g/mol. The summed E-state index contributed by atoms with van der Waals surface area (Å²) in [4.78, 5) is 22.5. The van der Waals surface area contributed by atoms with E-state index in [1.807, 2.05) is 0 Å². The summed E-state index contributed by atoms with van der Waals surface area (Å²) in [7, 11) is 1.49. The van der Waals surface area contributed by atoms with Gasteiger partial charge in [0.25, 0.3) is 5.91 Å². The highest BCUT2D eigenvalue weighted by Crippen LogP contribution is 2.25. The van der Waals surface area contributed by atoms with Crippen LogP contribution in [0.4, 0.5) is 0 Å². The highest BCUT2D eigenvalue weighted by atomic mass is 35.5. The molecule has 0 spiro atoms. The van der Waals surface area contributed by atoms with Crippen molar-refractivity contribution in [2.75, 3.05) is 7.11 Å². The first kappa shape index (κ1) is 14.9. The Morgan fingerprint density at radius 1 is 1.48 bits per heavy atom. The summed E-state index contributed by atoms with van der Waals surface area (Å²) in [5.74, 6) is -1.74. The molecule has 0 atom stereocenters. The minimum Gasteiger partial charge on any atom is -0.496 e. The second kappa shape index (κ2) is 6.27. The summed E-state index contributed by atoms with van der Waals surface area (Å²) in [6, 6.07) is 6.15. The van der Waals surface area contributed by atoms with Gasteiger partial charge in [-0.25, -0.2) is 4.79 Å². The molecule has 21 heavy (non-hydrogen) atoms. The molecule has 2 rings (SSSR count). The standard InChI is InChI=1S/C13H11ClN2O5/c1-20-10-4-2-3-8(14)7(10)6-15-12(17)9-5-11(13(18)19)21-16-9/h2-5H,6H2,1H3,(H,15,17)(H,18,19). The van der Waals surface area contributed by atoms with Crippen molar-refractivity contribution >= 4 is 23.5 Å². The van der Waals surface area contributed by atoms with Gasteiger partial charge in [-0.05, 0) is 12.1 Å². The minimum absolute atomic E-state index is 0.108. The lowest BCUT2D eigenvalue weighted by atomic mass is 10.2. The number of aromatic carboxylic acids is 1. The Morgan fingerprint density at radius 3 is 2.86 bits per heavy atom. The SMILES string of the molecule is COc1cccc(Cl)c1CNC(=O)c1cc(C(=O)O)on1. The molecular formula is C13H11ClN2O5. The van der Waals surface area contributed by atoms with Gasteiger partial charge < -0.3 is 19.7 Å². The maximum Gasteiger partial charge on any atom is 0.374 e. The van der Waals surface area contributed by atoms with Gasteiger partial charge in [0.1, 0.15) is 5.75 Å². The summed E-state index contributed by atoms with van der Waals surface area (Å²) >= 11 is 6.04. The summed E-state index contributed by atoms with van der Waals surface area (Å²) in [5.41, 5.74) is 0.482. The number of methoxy groups -OCH3 is 1. The molecule has 7 nitrogen and oxygen atoms in total. The van der Waals surface area contributed by atoms with Crippen molar-refractivity contribution in [1.82, 2.24) is 10.5 Å². The summed E-state index contributed by atoms with van der Waals surface area (Å²) in [6.07, 6.45) is 0. The number of nitrogens with zero attached hydrogens (tertiary/aromatic N) is 1. The molecule has 0 aliphatic heterocycles. The van der Waals surface area contributed by atoms with Crippen LogP contribution in [0.3, 0.4) is 0 Å². The van der Waals surface area contributed by atoms with Crippen LogP contribution in [-0.2, 0) is 6.54 Å². The second-order valence-corrected chi connectivity index (χ2v) is 4.39. The molecular weight excluding hydrogens is 300 g/mol. The number of benzene rings is 1. The molecule has 1 amide bonds. The lowest BCUT2D eigenvalue weighted by Gasteiger charge is -2.10. The quantitative estimate of drug-likeness (QED) is 0.875. The highest BCUT2D eigenvalue weighted by molar-refractivity contribution is 6.31. The number of carbonyl (C=O) groups excluding carboxylic acids is 1. The van der Waals surface area contributed by atoms with Gasteiger partial charge in [0.15, 0.2) is 5.69 Å². The van der Waals surface area contributed by atoms with Gasteiger partial charge in [0.2, 0.25) is 5.76 Å². The number of rotatable bonds is 5. The van der Waals surface area contributed by atoms with Crippen LogP contribution in [0.1, 0.15) is 26.6 Å². The van der Waals surface area contributed by atoms with E-state index in [1.165, 1.54) is 7.11 Å². The Balaban J connectivity index is 2.09. The number of halogens is 1. The highest BCUT2D eigenvalue weighted by Gasteiger charge is 2.17. The lowest BCUT2D eigenvalue weighted by Crippen LogP contribution is -2.23. The zero-order valence-corrected chi connectivity index (χ0v) is 11.7. The minimum atomic E-state index is -1.30. The Hall–Kier alpha value is -2.54. The molecule has 0 saturated heterocycles. The van der Waals surface area contributed by atoms with E-state index in [1.54, 1.807) is 18.2 Å². The second-order valence-electron chi connectivity index (χ2n) is 3.98. The molecule has 2 N–H and O–H groups in total. The van der Waals surface area contributed by atoms with Gasteiger partial charge >= 0.3 is 5.97 Å². The van der Waals surface area contributed by atoms with Crippen LogP contribution in [0.2, 0.25) is 5.02 Å². The number of aromatic nitrogens is 1. The van der Waals surface area contributed by atoms with E-state index in [9.17, 15) is 9.59 Å². The number of amides is 1. The smallest absolute Gasteiger partial charge is 0.374 e. The van der Waals surface area contributed by atoms with Crippen LogP contribution >= 0.6 is 11.6 Å². The van der Waals surface area contributed by atoms with Crippen LogP contribution in [0.15, 0.2) is 28.8 Å². The molecule has 1 heterocycles.